The van der Waals surface area contributed by atoms with E-state index >= 15 is 0 Å². The average Bonchev–Trinajstić information content (AvgIpc) is 3.74. The van der Waals surface area contributed by atoms with E-state index in [4.69, 9.17) is 9.97 Å². The molecule has 0 atom stereocenters. The van der Waals surface area contributed by atoms with Gasteiger partial charge in [0.1, 0.15) is 0 Å². The molecule has 0 unspecified atom stereocenters. The van der Waals surface area contributed by atoms with Crippen LogP contribution in [0.1, 0.15) is 25.0 Å². The third kappa shape index (κ3) is 5.58. The third-order valence-corrected chi connectivity index (χ3v) is 12.0. The Morgan fingerprint density at radius 2 is 0.914 bits per heavy atom. The molecule has 11 rings (SSSR count). The highest BCUT2D eigenvalue weighted by molar-refractivity contribution is 6.10. The minimum Gasteiger partial charge on any atom is -0.309 e. The molecule has 0 saturated heterocycles. The Morgan fingerprint density at radius 3 is 1.69 bits per heavy atom. The minimum absolute atomic E-state index is 0.0477. The largest absolute Gasteiger partial charge is 0.309 e. The van der Waals surface area contributed by atoms with Crippen molar-refractivity contribution in [1.82, 2.24) is 14.5 Å². The van der Waals surface area contributed by atoms with Gasteiger partial charge in [0.25, 0.3) is 0 Å². The number of hydrogen-bond donors (Lipinski definition) is 0. The number of nitrogens with zero attached hydrogens (tertiary/aromatic N) is 3. The van der Waals surface area contributed by atoms with Gasteiger partial charge in [0, 0.05) is 38.6 Å². The van der Waals surface area contributed by atoms with Crippen LogP contribution in [0.5, 0.6) is 0 Å². The predicted octanol–water partition coefficient (Wildman–Crippen LogP) is 14.2. The van der Waals surface area contributed by atoms with Crippen LogP contribution in [-0.2, 0) is 5.41 Å². The molecule has 0 spiro atoms. The maximum absolute atomic E-state index is 5.11. The van der Waals surface area contributed by atoms with Gasteiger partial charge < -0.3 is 4.57 Å². The molecule has 1 aliphatic rings. The SMILES string of the molecule is CC1(C)c2ccccc2-c2ccc(-c3cccc(-n4c5ccccc5c5cc(-c6cccc(-c7nc(-c8ccccc8)cc(-c8ccccc8)n7)c6)ccc54)c3)cc21. The molecule has 58 heavy (non-hydrogen) atoms. The van der Waals surface area contributed by atoms with Crippen molar-refractivity contribution < 1.29 is 0 Å². The van der Waals surface area contributed by atoms with Crippen molar-refractivity contribution in [2.45, 2.75) is 19.3 Å². The molecule has 0 radical (unpaired) electrons. The summed E-state index contributed by atoms with van der Waals surface area (Å²) in [6.07, 6.45) is 0. The van der Waals surface area contributed by atoms with E-state index in [1.165, 1.54) is 55.2 Å². The molecule has 0 N–H and O–H groups in total. The van der Waals surface area contributed by atoms with Crippen LogP contribution in [-0.4, -0.2) is 14.5 Å². The molecule has 3 heteroatoms. The van der Waals surface area contributed by atoms with Gasteiger partial charge in [0.15, 0.2) is 5.82 Å². The van der Waals surface area contributed by atoms with Crippen molar-refractivity contribution >= 4 is 21.8 Å². The number of aromatic nitrogens is 3. The quantitative estimate of drug-likeness (QED) is 0.170. The van der Waals surface area contributed by atoms with Gasteiger partial charge >= 0.3 is 0 Å². The van der Waals surface area contributed by atoms with Crippen LogP contribution in [0.2, 0.25) is 0 Å². The van der Waals surface area contributed by atoms with Gasteiger partial charge in [-0.1, -0.05) is 166 Å². The lowest BCUT2D eigenvalue weighted by Gasteiger charge is -2.22. The van der Waals surface area contributed by atoms with Crippen LogP contribution >= 0.6 is 0 Å². The molecule has 2 heterocycles. The van der Waals surface area contributed by atoms with Crippen LogP contribution in [0, 0.1) is 0 Å². The lowest BCUT2D eigenvalue weighted by Crippen LogP contribution is -2.14. The first-order valence-electron chi connectivity index (χ1n) is 20.0. The van der Waals surface area contributed by atoms with Gasteiger partial charge in [-0.05, 0) is 93.0 Å². The predicted molar refractivity (Wildman–Crippen MR) is 241 cm³/mol. The Kier molecular flexibility index (Phi) is 7.84. The maximum Gasteiger partial charge on any atom is 0.160 e. The maximum atomic E-state index is 5.11. The molecule has 3 nitrogen and oxygen atoms in total. The fraction of sp³-hybridized carbons (Fsp3) is 0.0545. The summed E-state index contributed by atoms with van der Waals surface area (Å²) in [6.45, 7) is 4.69. The van der Waals surface area contributed by atoms with E-state index in [1.54, 1.807) is 0 Å². The molecular weight excluding hydrogens is 703 g/mol. The van der Waals surface area contributed by atoms with Gasteiger partial charge in [-0.25, -0.2) is 9.97 Å². The van der Waals surface area contributed by atoms with E-state index in [9.17, 15) is 0 Å². The number of hydrogen-bond acceptors (Lipinski definition) is 2. The van der Waals surface area contributed by atoms with Crippen LogP contribution in [0.3, 0.4) is 0 Å². The molecule has 0 bridgehead atoms. The van der Waals surface area contributed by atoms with Crippen molar-refractivity contribution in [1.29, 1.82) is 0 Å². The number of benzene rings is 8. The second kappa shape index (κ2) is 13.4. The molecule has 0 aliphatic heterocycles. The summed E-state index contributed by atoms with van der Waals surface area (Å²) in [5.74, 6) is 0.705. The summed E-state index contributed by atoms with van der Waals surface area (Å²) in [6, 6.07) is 71.9. The summed E-state index contributed by atoms with van der Waals surface area (Å²) in [7, 11) is 0. The van der Waals surface area contributed by atoms with Crippen LogP contribution in [0.25, 0.3) is 94.8 Å². The number of rotatable bonds is 6. The van der Waals surface area contributed by atoms with Crippen LogP contribution < -0.4 is 0 Å². The minimum atomic E-state index is -0.0477. The van der Waals surface area contributed by atoms with E-state index in [2.05, 4.69) is 206 Å². The molecule has 10 aromatic rings. The fourth-order valence-electron chi connectivity index (χ4n) is 9.07. The summed E-state index contributed by atoms with van der Waals surface area (Å²) in [5, 5.41) is 2.44. The van der Waals surface area contributed by atoms with Gasteiger partial charge in [-0.15, -0.1) is 0 Å². The van der Waals surface area contributed by atoms with Gasteiger partial charge in [-0.2, -0.15) is 0 Å². The highest BCUT2D eigenvalue weighted by Gasteiger charge is 2.35. The second-order valence-corrected chi connectivity index (χ2v) is 15.8. The average molecular weight is 742 g/mol. The number of fused-ring (bicyclic) bond motifs is 6. The van der Waals surface area contributed by atoms with Crippen molar-refractivity contribution in [2.75, 3.05) is 0 Å². The highest BCUT2D eigenvalue weighted by Crippen LogP contribution is 2.49. The molecule has 0 fully saturated rings. The summed E-state index contributed by atoms with van der Waals surface area (Å²) in [5.41, 5.74) is 18.6. The van der Waals surface area contributed by atoms with E-state index in [-0.39, 0.29) is 5.41 Å². The van der Waals surface area contributed by atoms with Gasteiger partial charge in [0.2, 0.25) is 0 Å². The monoisotopic (exact) mass is 741 g/mol. The highest BCUT2D eigenvalue weighted by atomic mass is 15.0. The first kappa shape index (κ1) is 33.9. The standard InChI is InChI=1S/C55H39N3/c1-55(2)48-25-11-9-23-44(48)45-29-27-41(34-49(45)55)39-20-14-22-43(32-39)58-52-26-12-10-24-46(52)47-33-40(28-30-53(47)58)38-19-13-21-42(31-38)54-56-50(36-15-5-3-6-16-36)35-51(57-54)37-17-7-4-8-18-37/h3-35H,1-2H3. The Morgan fingerprint density at radius 1 is 0.362 bits per heavy atom. The van der Waals surface area contributed by atoms with E-state index in [0.717, 1.165) is 44.9 Å². The summed E-state index contributed by atoms with van der Waals surface area (Å²) >= 11 is 0. The van der Waals surface area contributed by atoms with Gasteiger partial charge in [-0.3, -0.25) is 0 Å². The molecule has 1 aliphatic carbocycles. The molecule has 0 saturated carbocycles. The smallest absolute Gasteiger partial charge is 0.160 e. The van der Waals surface area contributed by atoms with E-state index in [0.29, 0.717) is 5.82 Å². The van der Waals surface area contributed by atoms with E-state index < -0.39 is 0 Å². The van der Waals surface area contributed by atoms with Crippen molar-refractivity contribution in [3.63, 3.8) is 0 Å². The van der Waals surface area contributed by atoms with Crippen molar-refractivity contribution in [2.24, 2.45) is 0 Å². The molecule has 0 amide bonds. The Balaban J connectivity index is 0.993. The molecular formula is C55H39N3. The van der Waals surface area contributed by atoms with Crippen LogP contribution in [0.15, 0.2) is 200 Å². The normalized spacial score (nSPS) is 12.8. The zero-order valence-corrected chi connectivity index (χ0v) is 32.4. The lowest BCUT2D eigenvalue weighted by molar-refractivity contribution is 0.660. The van der Waals surface area contributed by atoms with Crippen molar-refractivity contribution in [3.8, 4) is 73.0 Å². The topological polar surface area (TPSA) is 30.7 Å². The van der Waals surface area contributed by atoms with Crippen LogP contribution in [0.4, 0.5) is 0 Å². The molecule has 2 aromatic heterocycles. The summed E-state index contributed by atoms with van der Waals surface area (Å²) in [4.78, 5) is 10.2. The Labute approximate surface area is 338 Å². The number of para-hydroxylation sites is 1. The Hall–Kier alpha value is -7.36. The third-order valence-electron chi connectivity index (χ3n) is 12.0. The lowest BCUT2D eigenvalue weighted by atomic mass is 9.81. The van der Waals surface area contributed by atoms with Gasteiger partial charge in [0.05, 0.1) is 22.4 Å². The first-order chi connectivity index (χ1) is 28.5. The zero-order valence-electron chi connectivity index (χ0n) is 32.4. The zero-order chi connectivity index (χ0) is 38.8. The van der Waals surface area contributed by atoms with E-state index in [1.807, 2.05) is 12.1 Å². The molecule has 8 aromatic carbocycles. The molecule has 274 valence electrons. The Bertz CT molecular complexity index is 3130. The fourth-order valence-corrected chi connectivity index (χ4v) is 9.07. The van der Waals surface area contributed by atoms with Crippen molar-refractivity contribution in [3.05, 3.63) is 211 Å². The summed E-state index contributed by atoms with van der Waals surface area (Å²) < 4.78 is 2.41. The first-order valence-corrected chi connectivity index (χ1v) is 20.0. The second-order valence-electron chi connectivity index (χ2n) is 15.8.